The van der Waals surface area contributed by atoms with Crippen LogP contribution in [0.3, 0.4) is 0 Å². The lowest BCUT2D eigenvalue weighted by Gasteiger charge is -2.28. The molecule has 202 valence electrons. The van der Waals surface area contributed by atoms with Crippen LogP contribution in [0.25, 0.3) is 27.9 Å². The molecule has 0 radical (unpaired) electrons. The van der Waals surface area contributed by atoms with Crippen LogP contribution in [0.4, 0.5) is 5.82 Å². The van der Waals surface area contributed by atoms with Gasteiger partial charge in [0.2, 0.25) is 0 Å². The predicted molar refractivity (Wildman–Crippen MR) is 148 cm³/mol. The van der Waals surface area contributed by atoms with Gasteiger partial charge < -0.3 is 23.8 Å². The summed E-state index contributed by atoms with van der Waals surface area (Å²) in [5.74, 6) is 0.0540. The molecule has 0 saturated carbocycles. The predicted octanol–water partition coefficient (Wildman–Crippen LogP) is 4.87. The van der Waals surface area contributed by atoms with E-state index in [1.165, 1.54) is 0 Å². The van der Waals surface area contributed by atoms with Gasteiger partial charge in [-0.2, -0.15) is 0 Å². The number of ether oxygens (including phenoxy) is 4. The molecular formula is C30H31N3O6. The molecule has 0 bridgehead atoms. The van der Waals surface area contributed by atoms with Crippen molar-refractivity contribution in [1.29, 1.82) is 0 Å². The molecule has 39 heavy (non-hydrogen) atoms. The van der Waals surface area contributed by atoms with E-state index in [1.54, 1.807) is 25.5 Å². The maximum atomic E-state index is 13.6. The Balaban J connectivity index is 1.94. The van der Waals surface area contributed by atoms with Crippen LogP contribution >= 0.6 is 0 Å². The van der Waals surface area contributed by atoms with Crippen LogP contribution in [0.15, 0.2) is 60.7 Å². The van der Waals surface area contributed by atoms with E-state index in [-0.39, 0.29) is 24.3 Å². The van der Waals surface area contributed by atoms with Crippen LogP contribution < -0.4 is 9.64 Å². The van der Waals surface area contributed by atoms with Crippen LogP contribution in [0.1, 0.15) is 34.6 Å². The molecule has 0 N–H and O–H groups in total. The highest BCUT2D eigenvalue weighted by Gasteiger charge is 2.34. The average Bonchev–Trinajstić information content (AvgIpc) is 3.33. The smallest absolute Gasteiger partial charge is 0.341 e. The lowest BCUT2D eigenvalue weighted by molar-refractivity contribution is 0.0482. The van der Waals surface area contributed by atoms with Crippen molar-refractivity contribution in [2.75, 3.05) is 51.5 Å². The first-order valence-electron chi connectivity index (χ1n) is 13.0. The summed E-state index contributed by atoms with van der Waals surface area (Å²) in [5, 5.41) is 5.01. The third-order valence-electron chi connectivity index (χ3n) is 6.60. The molecule has 2 aromatic carbocycles. The molecule has 1 saturated heterocycles. The summed E-state index contributed by atoms with van der Waals surface area (Å²) in [7, 11) is 1.58. The Kier molecular flexibility index (Phi) is 7.79. The molecule has 2 aromatic heterocycles. The van der Waals surface area contributed by atoms with E-state index in [1.807, 2.05) is 60.7 Å². The minimum Gasteiger partial charge on any atom is -0.497 e. The van der Waals surface area contributed by atoms with Gasteiger partial charge in [-0.1, -0.05) is 42.5 Å². The van der Waals surface area contributed by atoms with Crippen LogP contribution in [0.2, 0.25) is 0 Å². The Hall–Kier alpha value is -4.37. The second-order valence-electron chi connectivity index (χ2n) is 8.91. The van der Waals surface area contributed by atoms with E-state index in [0.29, 0.717) is 54.6 Å². The number of rotatable bonds is 8. The van der Waals surface area contributed by atoms with Crippen LogP contribution in [-0.2, 0) is 14.2 Å². The fourth-order valence-electron chi connectivity index (χ4n) is 4.86. The Morgan fingerprint density at radius 2 is 1.54 bits per heavy atom. The largest absolute Gasteiger partial charge is 0.497 e. The van der Waals surface area contributed by atoms with E-state index >= 15 is 0 Å². The third kappa shape index (κ3) is 5.05. The highest BCUT2D eigenvalue weighted by atomic mass is 16.5. The summed E-state index contributed by atoms with van der Waals surface area (Å²) in [4.78, 5) is 29.3. The zero-order valence-electron chi connectivity index (χ0n) is 22.3. The first-order valence-corrected chi connectivity index (χ1v) is 13.0. The van der Waals surface area contributed by atoms with Gasteiger partial charge in [0.25, 0.3) is 0 Å². The number of fused-ring (bicyclic) bond motifs is 1. The second-order valence-corrected chi connectivity index (χ2v) is 8.91. The summed E-state index contributed by atoms with van der Waals surface area (Å²) >= 11 is 0. The monoisotopic (exact) mass is 529 g/mol. The molecule has 9 heteroatoms. The maximum absolute atomic E-state index is 13.6. The van der Waals surface area contributed by atoms with Gasteiger partial charge in [0.15, 0.2) is 0 Å². The Labute approximate surface area is 226 Å². The summed E-state index contributed by atoms with van der Waals surface area (Å²) in [5.41, 5.74) is 3.38. The van der Waals surface area contributed by atoms with Gasteiger partial charge in [-0.15, -0.1) is 5.10 Å². The van der Waals surface area contributed by atoms with E-state index in [4.69, 9.17) is 24.0 Å². The molecule has 9 nitrogen and oxygen atoms in total. The lowest BCUT2D eigenvalue weighted by Crippen LogP contribution is -2.37. The van der Waals surface area contributed by atoms with Crippen LogP contribution in [0.5, 0.6) is 5.75 Å². The first kappa shape index (κ1) is 26.2. The van der Waals surface area contributed by atoms with Gasteiger partial charge in [-0.3, -0.25) is 0 Å². The van der Waals surface area contributed by atoms with Crippen molar-refractivity contribution < 1.29 is 28.5 Å². The molecule has 0 unspecified atom stereocenters. The number of methoxy groups -OCH3 is 1. The fourth-order valence-corrected chi connectivity index (χ4v) is 4.86. The number of morpholine rings is 1. The van der Waals surface area contributed by atoms with Gasteiger partial charge in [-0.25, -0.2) is 14.1 Å². The normalized spacial score (nSPS) is 13.4. The molecular weight excluding hydrogens is 498 g/mol. The Morgan fingerprint density at radius 1 is 0.872 bits per heavy atom. The number of aromatic nitrogens is 2. The molecule has 1 fully saturated rings. The van der Waals surface area contributed by atoms with E-state index in [2.05, 4.69) is 4.90 Å². The number of hydrogen-bond acceptors (Lipinski definition) is 8. The molecule has 1 aliphatic rings. The fraction of sp³-hybridized carbons (Fsp3) is 0.300. The van der Waals surface area contributed by atoms with Gasteiger partial charge in [-0.05, 0) is 37.6 Å². The van der Waals surface area contributed by atoms with Crippen molar-refractivity contribution >= 4 is 23.3 Å². The van der Waals surface area contributed by atoms with Crippen molar-refractivity contribution in [3.63, 3.8) is 0 Å². The molecule has 0 aliphatic carbocycles. The number of hydrogen-bond donors (Lipinski definition) is 0. The van der Waals surface area contributed by atoms with Crippen LogP contribution in [0, 0.1) is 0 Å². The minimum absolute atomic E-state index is 0.104. The number of carbonyl (C=O) groups excluding carboxylic acids is 2. The van der Waals surface area contributed by atoms with Gasteiger partial charge in [0.1, 0.15) is 22.7 Å². The zero-order valence-corrected chi connectivity index (χ0v) is 22.3. The van der Waals surface area contributed by atoms with Crippen molar-refractivity contribution in [1.82, 2.24) is 9.61 Å². The number of benzene rings is 2. The second kappa shape index (κ2) is 11.6. The number of carbonyl (C=O) groups is 2. The molecule has 0 amide bonds. The maximum Gasteiger partial charge on any atom is 0.341 e. The third-order valence-corrected chi connectivity index (χ3v) is 6.60. The Morgan fingerprint density at radius 3 is 2.21 bits per heavy atom. The summed E-state index contributed by atoms with van der Waals surface area (Å²) < 4.78 is 23.7. The Bertz CT molecular complexity index is 1490. The van der Waals surface area contributed by atoms with Crippen molar-refractivity contribution in [2.45, 2.75) is 13.8 Å². The van der Waals surface area contributed by atoms with Crippen LogP contribution in [-0.4, -0.2) is 68.2 Å². The summed E-state index contributed by atoms with van der Waals surface area (Å²) in [6.45, 7) is 6.24. The minimum atomic E-state index is -0.629. The molecule has 1 aliphatic heterocycles. The van der Waals surface area contributed by atoms with Gasteiger partial charge in [0, 0.05) is 24.2 Å². The van der Waals surface area contributed by atoms with E-state index in [9.17, 15) is 9.59 Å². The summed E-state index contributed by atoms with van der Waals surface area (Å²) in [6, 6.07) is 19.0. The molecule has 5 rings (SSSR count). The summed E-state index contributed by atoms with van der Waals surface area (Å²) in [6.07, 6.45) is 0. The number of nitrogens with zero attached hydrogens (tertiary/aromatic N) is 3. The standard InChI is InChI=1S/C30H31N3O6/c1-4-38-29(34)25-26(30(35)39-5-2)28-23(20-10-7-6-8-11-20)19-24(32-14-16-37-17-15-32)31-33(28)27(25)21-12-9-13-22(18-21)36-3/h6-13,18-19H,4-5,14-17H2,1-3H3. The first-order chi connectivity index (χ1) is 19.1. The quantitative estimate of drug-likeness (QED) is 0.299. The van der Waals surface area contributed by atoms with Crippen molar-refractivity contribution in [3.05, 3.63) is 71.8 Å². The van der Waals surface area contributed by atoms with E-state index < -0.39 is 11.9 Å². The SMILES string of the molecule is CCOC(=O)c1c(C(=O)OCC)c2c(-c3ccccc3)cc(N3CCOCC3)nn2c1-c1cccc(OC)c1. The topological polar surface area (TPSA) is 91.6 Å². The zero-order chi connectivity index (χ0) is 27.4. The molecule has 0 spiro atoms. The highest BCUT2D eigenvalue weighted by Crippen LogP contribution is 2.40. The van der Waals surface area contributed by atoms with E-state index in [0.717, 1.165) is 11.1 Å². The molecule has 0 atom stereocenters. The van der Waals surface area contributed by atoms with Gasteiger partial charge >= 0.3 is 11.9 Å². The highest BCUT2D eigenvalue weighted by molar-refractivity contribution is 6.15. The molecule has 3 heterocycles. The molecule has 4 aromatic rings. The lowest BCUT2D eigenvalue weighted by atomic mass is 10.0. The number of esters is 2. The van der Waals surface area contributed by atoms with Crippen molar-refractivity contribution in [2.24, 2.45) is 0 Å². The van der Waals surface area contributed by atoms with Crippen molar-refractivity contribution in [3.8, 4) is 28.1 Å². The average molecular weight is 530 g/mol. The van der Waals surface area contributed by atoms with Gasteiger partial charge in [0.05, 0.1) is 44.7 Å². The number of anilines is 1.